The van der Waals surface area contributed by atoms with Gasteiger partial charge in [0.05, 0.1) is 11.7 Å². The van der Waals surface area contributed by atoms with Crippen LogP contribution in [-0.4, -0.2) is 16.8 Å². The predicted molar refractivity (Wildman–Crippen MR) is 74.5 cm³/mol. The third kappa shape index (κ3) is 2.31. The fourth-order valence-corrected chi connectivity index (χ4v) is 2.50. The summed E-state index contributed by atoms with van der Waals surface area (Å²) in [6, 6.07) is 12.8. The van der Waals surface area contributed by atoms with Gasteiger partial charge in [0.1, 0.15) is 0 Å². The number of nitrogens with one attached hydrogen (secondary N) is 1. The van der Waals surface area contributed by atoms with Crippen LogP contribution >= 0.6 is 0 Å². The molecule has 18 heavy (non-hydrogen) atoms. The quantitative estimate of drug-likeness (QED) is 0.894. The van der Waals surface area contributed by atoms with Gasteiger partial charge in [0.15, 0.2) is 0 Å². The average Bonchev–Trinajstić information content (AvgIpc) is 2.77. The number of hydrogen-bond acceptors (Lipinski definition) is 2. The molecular weight excluding hydrogens is 222 g/mol. The zero-order valence-electron chi connectivity index (χ0n) is 11.5. The molecule has 3 nitrogen and oxygen atoms in total. The van der Waals surface area contributed by atoms with E-state index in [-0.39, 0.29) is 11.5 Å². The fraction of sp³-hybridized carbons (Fsp3) is 0.400. The highest BCUT2D eigenvalue weighted by Crippen LogP contribution is 2.35. The molecule has 0 spiro atoms. The van der Waals surface area contributed by atoms with Crippen molar-refractivity contribution in [2.24, 2.45) is 7.05 Å². The number of nitrogens with zero attached hydrogens (tertiary/aromatic N) is 2. The number of aromatic nitrogens is 2. The summed E-state index contributed by atoms with van der Waals surface area (Å²) in [4.78, 5) is 0. The monoisotopic (exact) mass is 243 g/mol. The van der Waals surface area contributed by atoms with E-state index < -0.39 is 0 Å². The number of aryl methyl sites for hydroxylation is 1. The summed E-state index contributed by atoms with van der Waals surface area (Å²) in [6.45, 7) is 4.50. The SMILES string of the molecule is CNC(c1ccn(C)n1)C(C)(C)c1ccccc1. The van der Waals surface area contributed by atoms with Crippen molar-refractivity contribution in [3.63, 3.8) is 0 Å². The zero-order valence-corrected chi connectivity index (χ0v) is 11.5. The summed E-state index contributed by atoms with van der Waals surface area (Å²) in [5.41, 5.74) is 2.38. The van der Waals surface area contributed by atoms with Crippen molar-refractivity contribution in [3.05, 3.63) is 53.9 Å². The molecule has 1 aromatic carbocycles. The summed E-state index contributed by atoms with van der Waals surface area (Å²) in [5, 5.41) is 7.92. The Morgan fingerprint density at radius 2 is 1.83 bits per heavy atom. The van der Waals surface area contributed by atoms with Gasteiger partial charge in [0.25, 0.3) is 0 Å². The molecule has 0 bridgehead atoms. The van der Waals surface area contributed by atoms with Gasteiger partial charge in [-0.15, -0.1) is 0 Å². The van der Waals surface area contributed by atoms with Crippen molar-refractivity contribution in [2.45, 2.75) is 25.3 Å². The minimum atomic E-state index is -0.00956. The third-order valence-corrected chi connectivity index (χ3v) is 3.56. The minimum Gasteiger partial charge on any atom is -0.311 e. The molecule has 0 saturated heterocycles. The second-order valence-corrected chi connectivity index (χ2v) is 5.22. The van der Waals surface area contributed by atoms with Crippen LogP contribution in [0.1, 0.15) is 31.1 Å². The summed E-state index contributed by atoms with van der Waals surface area (Å²) < 4.78 is 1.85. The van der Waals surface area contributed by atoms with Gasteiger partial charge in [0, 0.05) is 18.7 Å². The van der Waals surface area contributed by atoms with E-state index in [1.807, 2.05) is 25.0 Å². The van der Waals surface area contributed by atoms with Crippen LogP contribution < -0.4 is 5.32 Å². The second kappa shape index (κ2) is 4.94. The highest BCUT2D eigenvalue weighted by molar-refractivity contribution is 5.28. The molecule has 1 N–H and O–H groups in total. The highest BCUT2D eigenvalue weighted by atomic mass is 15.3. The van der Waals surface area contributed by atoms with Gasteiger partial charge in [-0.3, -0.25) is 4.68 Å². The van der Waals surface area contributed by atoms with E-state index in [4.69, 9.17) is 0 Å². The van der Waals surface area contributed by atoms with E-state index >= 15 is 0 Å². The Hall–Kier alpha value is -1.61. The van der Waals surface area contributed by atoms with E-state index in [0.29, 0.717) is 0 Å². The average molecular weight is 243 g/mol. The Balaban J connectivity index is 2.38. The Morgan fingerprint density at radius 1 is 1.17 bits per heavy atom. The van der Waals surface area contributed by atoms with Gasteiger partial charge < -0.3 is 5.32 Å². The van der Waals surface area contributed by atoms with Crippen LogP contribution in [0.4, 0.5) is 0 Å². The third-order valence-electron chi connectivity index (χ3n) is 3.56. The van der Waals surface area contributed by atoms with Crippen LogP contribution in [0.5, 0.6) is 0 Å². The summed E-state index contributed by atoms with van der Waals surface area (Å²) in [7, 11) is 3.94. The highest BCUT2D eigenvalue weighted by Gasteiger charge is 2.32. The Kier molecular flexibility index (Phi) is 3.53. The van der Waals surface area contributed by atoms with Gasteiger partial charge in [0.2, 0.25) is 0 Å². The molecule has 0 saturated carbocycles. The standard InChI is InChI=1S/C15H21N3/c1-15(2,12-8-6-5-7-9-12)14(16-3)13-10-11-18(4)17-13/h5-11,14,16H,1-4H3. The van der Waals surface area contributed by atoms with Crippen molar-refractivity contribution in [1.82, 2.24) is 15.1 Å². The molecule has 1 aromatic heterocycles. The molecule has 3 heteroatoms. The molecule has 0 amide bonds. The van der Waals surface area contributed by atoms with E-state index in [9.17, 15) is 0 Å². The summed E-state index contributed by atoms with van der Waals surface area (Å²) >= 11 is 0. The summed E-state index contributed by atoms with van der Waals surface area (Å²) in [5.74, 6) is 0. The molecule has 2 rings (SSSR count). The first-order chi connectivity index (χ1) is 8.55. The van der Waals surface area contributed by atoms with Crippen LogP contribution in [0.25, 0.3) is 0 Å². The molecule has 0 aliphatic heterocycles. The lowest BCUT2D eigenvalue weighted by atomic mass is 9.76. The Morgan fingerprint density at radius 3 is 2.33 bits per heavy atom. The lowest BCUT2D eigenvalue weighted by Crippen LogP contribution is -2.35. The predicted octanol–water partition coefficient (Wildman–Crippen LogP) is 2.66. The molecule has 96 valence electrons. The van der Waals surface area contributed by atoms with Crippen LogP contribution in [-0.2, 0) is 12.5 Å². The minimum absolute atomic E-state index is 0.00956. The first kappa shape index (κ1) is 12.8. The zero-order chi connectivity index (χ0) is 13.2. The second-order valence-electron chi connectivity index (χ2n) is 5.22. The van der Waals surface area contributed by atoms with E-state index in [1.54, 1.807) is 0 Å². The van der Waals surface area contributed by atoms with E-state index in [2.05, 4.69) is 60.7 Å². The van der Waals surface area contributed by atoms with E-state index in [1.165, 1.54) is 5.56 Å². The van der Waals surface area contributed by atoms with Crippen LogP contribution in [0.2, 0.25) is 0 Å². The molecule has 2 aromatic rings. The maximum Gasteiger partial charge on any atom is 0.0802 e. The van der Waals surface area contributed by atoms with E-state index in [0.717, 1.165) is 5.69 Å². The Bertz CT molecular complexity index is 499. The maximum absolute atomic E-state index is 4.53. The molecule has 0 radical (unpaired) electrons. The molecule has 0 aliphatic carbocycles. The fourth-order valence-electron chi connectivity index (χ4n) is 2.50. The number of rotatable bonds is 4. The van der Waals surface area contributed by atoms with Crippen LogP contribution in [0.15, 0.2) is 42.6 Å². The molecule has 1 unspecified atom stereocenters. The smallest absolute Gasteiger partial charge is 0.0802 e. The molecule has 0 aliphatic rings. The van der Waals surface area contributed by atoms with Gasteiger partial charge in [-0.05, 0) is 18.7 Å². The van der Waals surface area contributed by atoms with Crippen molar-refractivity contribution < 1.29 is 0 Å². The van der Waals surface area contributed by atoms with Crippen LogP contribution in [0.3, 0.4) is 0 Å². The van der Waals surface area contributed by atoms with Gasteiger partial charge in [-0.2, -0.15) is 5.10 Å². The van der Waals surface area contributed by atoms with Crippen molar-refractivity contribution in [3.8, 4) is 0 Å². The first-order valence-electron chi connectivity index (χ1n) is 6.28. The Labute approximate surface area is 109 Å². The van der Waals surface area contributed by atoms with Crippen LogP contribution in [0, 0.1) is 0 Å². The summed E-state index contributed by atoms with van der Waals surface area (Å²) in [6.07, 6.45) is 1.99. The largest absolute Gasteiger partial charge is 0.311 e. The first-order valence-corrected chi connectivity index (χ1v) is 6.28. The topological polar surface area (TPSA) is 29.9 Å². The molecule has 0 fully saturated rings. The van der Waals surface area contributed by atoms with Crippen molar-refractivity contribution in [2.75, 3.05) is 7.05 Å². The van der Waals surface area contributed by atoms with Crippen molar-refractivity contribution >= 4 is 0 Å². The molecule has 1 atom stereocenters. The molecule has 1 heterocycles. The van der Waals surface area contributed by atoms with Crippen molar-refractivity contribution in [1.29, 1.82) is 0 Å². The lowest BCUT2D eigenvalue weighted by molar-refractivity contribution is 0.359. The number of likely N-dealkylation sites (N-methyl/N-ethyl adjacent to an activating group) is 1. The van der Waals surface area contributed by atoms with Gasteiger partial charge in [-0.1, -0.05) is 44.2 Å². The van der Waals surface area contributed by atoms with Gasteiger partial charge >= 0.3 is 0 Å². The lowest BCUT2D eigenvalue weighted by Gasteiger charge is -2.33. The maximum atomic E-state index is 4.53. The number of benzene rings is 1. The normalized spacial score (nSPS) is 13.6. The number of hydrogen-bond donors (Lipinski definition) is 1. The van der Waals surface area contributed by atoms with Gasteiger partial charge in [-0.25, -0.2) is 0 Å². The molecular formula is C15H21N3.